The van der Waals surface area contributed by atoms with E-state index in [1.165, 1.54) is 13.3 Å². The van der Waals surface area contributed by atoms with E-state index >= 15 is 0 Å². The quantitative estimate of drug-likeness (QED) is 0.533. The summed E-state index contributed by atoms with van der Waals surface area (Å²) in [5.41, 5.74) is 3.95. The van der Waals surface area contributed by atoms with Gasteiger partial charge in [-0.1, -0.05) is 18.2 Å². The first kappa shape index (κ1) is 16.8. The number of rotatable bonds is 6. The van der Waals surface area contributed by atoms with E-state index in [1.807, 2.05) is 30.3 Å². The number of hydrazone groups is 1. The number of anilines is 1. The van der Waals surface area contributed by atoms with Crippen molar-refractivity contribution in [3.63, 3.8) is 0 Å². The van der Waals surface area contributed by atoms with Crippen molar-refractivity contribution >= 4 is 33.7 Å². The molecule has 7 heteroatoms. The van der Waals surface area contributed by atoms with E-state index in [2.05, 4.69) is 31.8 Å². The highest BCUT2D eigenvalue weighted by atomic mass is 79.9. The molecule has 0 saturated heterocycles. The first-order valence-corrected chi connectivity index (χ1v) is 7.57. The molecule has 0 fully saturated rings. The Kier molecular flexibility index (Phi) is 5.99. The Balaban J connectivity index is 1.89. The molecule has 0 aliphatic heterocycles. The Morgan fingerprint density at radius 1 is 1.35 bits per heavy atom. The molecular weight excluding hydrogens is 362 g/mol. The molecule has 0 radical (unpaired) electrons. The zero-order valence-electron chi connectivity index (χ0n) is 12.4. The molecule has 120 valence electrons. The van der Waals surface area contributed by atoms with Crippen LogP contribution in [0.15, 0.2) is 52.0 Å². The fourth-order valence-electron chi connectivity index (χ4n) is 1.78. The first-order valence-electron chi connectivity index (χ1n) is 6.77. The van der Waals surface area contributed by atoms with Crippen molar-refractivity contribution in [2.45, 2.75) is 0 Å². The fourth-order valence-corrected chi connectivity index (χ4v) is 2.24. The third-order valence-electron chi connectivity index (χ3n) is 2.90. The molecule has 2 rings (SSSR count). The number of hydrogen-bond donors (Lipinski definition) is 3. The van der Waals surface area contributed by atoms with Crippen molar-refractivity contribution in [3.8, 4) is 11.5 Å². The number of halogens is 1. The zero-order chi connectivity index (χ0) is 16.7. The minimum Gasteiger partial charge on any atom is -0.503 e. The van der Waals surface area contributed by atoms with Gasteiger partial charge in [-0.05, 0) is 45.8 Å². The lowest BCUT2D eigenvalue weighted by Crippen LogP contribution is -2.25. The van der Waals surface area contributed by atoms with E-state index < -0.39 is 0 Å². The Bertz CT molecular complexity index is 705. The highest BCUT2D eigenvalue weighted by molar-refractivity contribution is 9.10. The molecular formula is C16H16BrN3O3. The van der Waals surface area contributed by atoms with Gasteiger partial charge in [-0.25, -0.2) is 5.43 Å². The highest BCUT2D eigenvalue weighted by Gasteiger charge is 2.07. The van der Waals surface area contributed by atoms with Gasteiger partial charge in [0.2, 0.25) is 0 Å². The fraction of sp³-hybridized carbons (Fsp3) is 0.125. The Morgan fingerprint density at radius 2 is 2.09 bits per heavy atom. The van der Waals surface area contributed by atoms with Crippen molar-refractivity contribution in [1.29, 1.82) is 0 Å². The van der Waals surface area contributed by atoms with Gasteiger partial charge in [0, 0.05) is 5.69 Å². The molecule has 0 aliphatic carbocycles. The van der Waals surface area contributed by atoms with Crippen molar-refractivity contribution in [1.82, 2.24) is 5.43 Å². The Morgan fingerprint density at radius 3 is 2.78 bits per heavy atom. The largest absolute Gasteiger partial charge is 0.503 e. The summed E-state index contributed by atoms with van der Waals surface area (Å²) in [5.74, 6) is 0.0635. The smallest absolute Gasteiger partial charge is 0.259 e. The van der Waals surface area contributed by atoms with Gasteiger partial charge in [0.25, 0.3) is 5.91 Å². The van der Waals surface area contributed by atoms with E-state index in [4.69, 9.17) is 4.74 Å². The number of methoxy groups -OCH3 is 1. The van der Waals surface area contributed by atoms with Crippen LogP contribution in [0.3, 0.4) is 0 Å². The van der Waals surface area contributed by atoms with Crippen LogP contribution in [0.2, 0.25) is 0 Å². The second kappa shape index (κ2) is 8.19. The van der Waals surface area contributed by atoms with Gasteiger partial charge in [-0.2, -0.15) is 5.10 Å². The normalized spacial score (nSPS) is 10.5. The molecule has 0 saturated carbocycles. The van der Waals surface area contributed by atoms with Crippen LogP contribution in [0.25, 0.3) is 0 Å². The molecule has 23 heavy (non-hydrogen) atoms. The predicted molar refractivity (Wildman–Crippen MR) is 93.0 cm³/mol. The molecule has 3 N–H and O–H groups in total. The van der Waals surface area contributed by atoms with E-state index in [9.17, 15) is 9.90 Å². The summed E-state index contributed by atoms with van der Waals surface area (Å²) in [7, 11) is 1.46. The number of carbonyl (C=O) groups is 1. The van der Waals surface area contributed by atoms with Gasteiger partial charge in [0.05, 0.1) is 24.3 Å². The van der Waals surface area contributed by atoms with Crippen LogP contribution >= 0.6 is 15.9 Å². The van der Waals surface area contributed by atoms with Gasteiger partial charge in [-0.15, -0.1) is 0 Å². The summed E-state index contributed by atoms with van der Waals surface area (Å²) in [6, 6.07) is 12.7. The third kappa shape index (κ3) is 5.00. The number of hydrogen-bond acceptors (Lipinski definition) is 5. The first-order chi connectivity index (χ1) is 11.1. The molecule has 0 bridgehead atoms. The Labute approximate surface area is 142 Å². The van der Waals surface area contributed by atoms with Crippen molar-refractivity contribution in [3.05, 3.63) is 52.5 Å². The molecule has 0 heterocycles. The summed E-state index contributed by atoms with van der Waals surface area (Å²) in [6.07, 6.45) is 1.47. The van der Waals surface area contributed by atoms with Gasteiger partial charge in [0.15, 0.2) is 11.5 Å². The van der Waals surface area contributed by atoms with Crippen LogP contribution in [-0.4, -0.2) is 30.9 Å². The number of benzene rings is 2. The lowest BCUT2D eigenvalue weighted by molar-refractivity contribution is -0.119. The van der Waals surface area contributed by atoms with Gasteiger partial charge in [-0.3, -0.25) is 4.79 Å². The molecule has 0 atom stereocenters. The lowest BCUT2D eigenvalue weighted by atomic mass is 10.2. The molecule has 2 aromatic rings. The standard InChI is InChI=1S/C16H16BrN3O3/c1-23-14-8-11(7-13(17)16(14)22)9-19-20-15(21)10-18-12-5-3-2-4-6-12/h2-9,18,22H,10H2,1H3,(H,20,21)/b19-9+. The van der Waals surface area contributed by atoms with Gasteiger partial charge >= 0.3 is 0 Å². The SMILES string of the molecule is COc1cc(/C=N/NC(=O)CNc2ccccc2)cc(Br)c1O. The van der Waals surface area contributed by atoms with E-state index in [-0.39, 0.29) is 18.2 Å². The maximum atomic E-state index is 11.7. The predicted octanol–water partition coefficient (Wildman–Crippen LogP) is 2.73. The second-order valence-electron chi connectivity index (χ2n) is 4.57. The number of ether oxygens (including phenoxy) is 1. The lowest BCUT2D eigenvalue weighted by Gasteiger charge is -2.06. The van der Waals surface area contributed by atoms with Gasteiger partial charge < -0.3 is 15.2 Å². The number of phenols is 1. The average molecular weight is 378 g/mol. The van der Waals surface area contributed by atoms with E-state index in [1.54, 1.807) is 12.1 Å². The summed E-state index contributed by atoms with van der Waals surface area (Å²) in [5, 5.41) is 16.6. The maximum absolute atomic E-state index is 11.7. The maximum Gasteiger partial charge on any atom is 0.259 e. The number of nitrogens with zero attached hydrogens (tertiary/aromatic N) is 1. The molecule has 0 aromatic heterocycles. The summed E-state index contributed by atoms with van der Waals surface area (Å²) in [4.78, 5) is 11.7. The molecule has 1 amide bonds. The molecule has 0 spiro atoms. The monoisotopic (exact) mass is 377 g/mol. The molecule has 0 aliphatic rings. The second-order valence-corrected chi connectivity index (χ2v) is 5.42. The minimum absolute atomic E-state index is 0.0146. The van der Waals surface area contributed by atoms with Crippen LogP contribution in [0.1, 0.15) is 5.56 Å². The van der Waals surface area contributed by atoms with Crippen LogP contribution < -0.4 is 15.5 Å². The number of carbonyl (C=O) groups excluding carboxylic acids is 1. The van der Waals surface area contributed by atoms with Crippen molar-refractivity contribution in [2.24, 2.45) is 5.10 Å². The Hall–Kier alpha value is -2.54. The number of aromatic hydroxyl groups is 1. The van der Waals surface area contributed by atoms with Crippen molar-refractivity contribution < 1.29 is 14.6 Å². The highest BCUT2D eigenvalue weighted by Crippen LogP contribution is 2.34. The molecule has 6 nitrogen and oxygen atoms in total. The van der Waals surface area contributed by atoms with Crippen LogP contribution in [0.4, 0.5) is 5.69 Å². The average Bonchev–Trinajstić information content (AvgIpc) is 2.57. The van der Waals surface area contributed by atoms with Gasteiger partial charge in [0.1, 0.15) is 0 Å². The zero-order valence-corrected chi connectivity index (χ0v) is 14.0. The van der Waals surface area contributed by atoms with Crippen LogP contribution in [0.5, 0.6) is 11.5 Å². The number of phenolic OH excluding ortho intramolecular Hbond substituents is 1. The van der Waals surface area contributed by atoms with Crippen LogP contribution in [0, 0.1) is 0 Å². The van der Waals surface area contributed by atoms with E-state index in [0.717, 1.165) is 5.69 Å². The number of nitrogens with one attached hydrogen (secondary N) is 2. The molecule has 2 aromatic carbocycles. The summed E-state index contributed by atoms with van der Waals surface area (Å²) in [6.45, 7) is 0.115. The third-order valence-corrected chi connectivity index (χ3v) is 3.50. The summed E-state index contributed by atoms with van der Waals surface area (Å²) >= 11 is 3.22. The van der Waals surface area contributed by atoms with E-state index in [0.29, 0.717) is 15.8 Å². The number of amides is 1. The molecule has 0 unspecified atom stereocenters. The number of para-hydroxylation sites is 1. The minimum atomic E-state index is -0.269. The topological polar surface area (TPSA) is 83.0 Å². The van der Waals surface area contributed by atoms with Crippen molar-refractivity contribution in [2.75, 3.05) is 19.0 Å². The summed E-state index contributed by atoms with van der Waals surface area (Å²) < 4.78 is 5.52. The van der Waals surface area contributed by atoms with Crippen LogP contribution in [-0.2, 0) is 4.79 Å².